The Bertz CT molecular complexity index is 157. The average Bonchev–Trinajstić information content (AvgIpc) is 2.82. The highest BCUT2D eigenvalue weighted by Crippen LogP contribution is 2.16. The Kier molecular flexibility index (Phi) is 4.81. The first-order chi connectivity index (χ1) is 6.62. The fraction of sp³-hybridized carbons (Fsp3) is 1.00. The first kappa shape index (κ1) is 11.9. The Morgan fingerprint density at radius 1 is 1.21 bits per heavy atom. The first-order valence-electron chi connectivity index (χ1n) is 5.21. The molecule has 4 nitrogen and oxygen atoms in total. The van der Waals surface area contributed by atoms with E-state index in [4.69, 9.17) is 14.2 Å². The predicted octanol–water partition coefficient (Wildman–Crippen LogP) is 0.764. The summed E-state index contributed by atoms with van der Waals surface area (Å²) in [4.78, 5) is 0. The summed E-state index contributed by atoms with van der Waals surface area (Å²) in [6.45, 7) is 9.60. The molecule has 1 rings (SSSR count). The molecule has 0 aromatic rings. The third-order valence-electron chi connectivity index (χ3n) is 2.00. The van der Waals surface area contributed by atoms with E-state index < -0.39 is 0 Å². The highest BCUT2D eigenvalue weighted by atomic mass is 16.6. The molecule has 4 heteroatoms. The smallest absolute Gasteiger partial charge is 0.129 e. The molecule has 1 unspecified atom stereocenters. The molecule has 0 amide bonds. The summed E-state index contributed by atoms with van der Waals surface area (Å²) in [5.74, 6) is 0. The van der Waals surface area contributed by atoms with Crippen LogP contribution in [0.5, 0.6) is 0 Å². The average molecular weight is 203 g/mol. The molecule has 0 bridgehead atoms. The fourth-order valence-corrected chi connectivity index (χ4v) is 0.997. The first-order valence-corrected chi connectivity index (χ1v) is 5.21. The molecule has 1 heterocycles. The van der Waals surface area contributed by atoms with Crippen LogP contribution in [0.3, 0.4) is 0 Å². The van der Waals surface area contributed by atoms with Gasteiger partial charge < -0.3 is 14.2 Å². The maximum absolute atomic E-state index is 5.49. The second-order valence-corrected chi connectivity index (χ2v) is 3.96. The Balaban J connectivity index is 1.76. The normalized spacial score (nSPS) is 25.7. The summed E-state index contributed by atoms with van der Waals surface area (Å²) in [6.07, 6.45) is 0.282. The molecule has 0 aliphatic carbocycles. The lowest BCUT2D eigenvalue weighted by Crippen LogP contribution is -2.19. The van der Waals surface area contributed by atoms with E-state index in [0.29, 0.717) is 26.4 Å². The second-order valence-electron chi connectivity index (χ2n) is 3.96. The molecule has 0 saturated carbocycles. The lowest BCUT2D eigenvalue weighted by molar-refractivity contribution is -0.0243. The van der Waals surface area contributed by atoms with Gasteiger partial charge in [-0.05, 0) is 20.8 Å². The Labute approximate surface area is 85.9 Å². The van der Waals surface area contributed by atoms with E-state index in [2.05, 4.69) is 5.32 Å². The van der Waals surface area contributed by atoms with E-state index in [0.717, 1.165) is 6.54 Å². The summed E-state index contributed by atoms with van der Waals surface area (Å²) in [5, 5.41) is 3.13. The minimum absolute atomic E-state index is 0.0716. The molecule has 1 saturated heterocycles. The zero-order chi connectivity index (χ0) is 10.4. The van der Waals surface area contributed by atoms with Gasteiger partial charge in [-0.1, -0.05) is 0 Å². The predicted molar refractivity (Wildman–Crippen MR) is 54.3 cm³/mol. The van der Waals surface area contributed by atoms with Gasteiger partial charge in [0.1, 0.15) is 5.72 Å². The SMILES string of the molecule is CC(C)OCCOCCOC1(C)CN1. The molecule has 0 aromatic carbocycles. The third-order valence-corrected chi connectivity index (χ3v) is 2.00. The van der Waals surface area contributed by atoms with Gasteiger partial charge in [-0.15, -0.1) is 0 Å². The van der Waals surface area contributed by atoms with Crippen LogP contribution in [-0.4, -0.2) is 44.8 Å². The molecule has 1 fully saturated rings. The van der Waals surface area contributed by atoms with Crippen LogP contribution in [0.1, 0.15) is 20.8 Å². The van der Waals surface area contributed by atoms with Crippen molar-refractivity contribution in [2.75, 3.05) is 33.0 Å². The summed E-state index contributed by atoms with van der Waals surface area (Å²) < 4.78 is 16.1. The van der Waals surface area contributed by atoms with Gasteiger partial charge in [0.2, 0.25) is 0 Å². The number of nitrogens with one attached hydrogen (secondary N) is 1. The minimum atomic E-state index is -0.0716. The van der Waals surface area contributed by atoms with Crippen molar-refractivity contribution in [3.63, 3.8) is 0 Å². The summed E-state index contributed by atoms with van der Waals surface area (Å²) >= 11 is 0. The summed E-state index contributed by atoms with van der Waals surface area (Å²) in [5.41, 5.74) is -0.0716. The van der Waals surface area contributed by atoms with E-state index in [1.807, 2.05) is 20.8 Å². The molecule has 14 heavy (non-hydrogen) atoms. The Morgan fingerprint density at radius 3 is 2.43 bits per heavy atom. The van der Waals surface area contributed by atoms with Gasteiger partial charge in [-0.25, -0.2) is 0 Å². The van der Waals surface area contributed by atoms with Gasteiger partial charge in [0, 0.05) is 6.54 Å². The van der Waals surface area contributed by atoms with Crippen LogP contribution in [0, 0.1) is 0 Å². The molecule has 1 aliphatic rings. The molecule has 0 radical (unpaired) electrons. The molecule has 0 spiro atoms. The van der Waals surface area contributed by atoms with Crippen molar-refractivity contribution < 1.29 is 14.2 Å². The molecular formula is C10H21NO3. The molecular weight excluding hydrogens is 182 g/mol. The van der Waals surface area contributed by atoms with Crippen LogP contribution < -0.4 is 5.32 Å². The van der Waals surface area contributed by atoms with Gasteiger partial charge in [-0.3, -0.25) is 5.32 Å². The minimum Gasteiger partial charge on any atom is -0.377 e. The second kappa shape index (κ2) is 5.66. The van der Waals surface area contributed by atoms with E-state index in [9.17, 15) is 0 Å². The molecule has 0 aromatic heterocycles. The highest BCUT2D eigenvalue weighted by molar-refractivity contribution is 4.89. The van der Waals surface area contributed by atoms with E-state index in [-0.39, 0.29) is 11.8 Å². The summed E-state index contributed by atoms with van der Waals surface area (Å²) in [6, 6.07) is 0. The van der Waals surface area contributed by atoms with Crippen molar-refractivity contribution in [2.24, 2.45) is 0 Å². The zero-order valence-electron chi connectivity index (χ0n) is 9.34. The van der Waals surface area contributed by atoms with Gasteiger partial charge >= 0.3 is 0 Å². The van der Waals surface area contributed by atoms with Crippen LogP contribution in [0.25, 0.3) is 0 Å². The van der Waals surface area contributed by atoms with Crippen LogP contribution >= 0.6 is 0 Å². The molecule has 1 atom stereocenters. The molecule has 84 valence electrons. The lowest BCUT2D eigenvalue weighted by atomic mass is 10.5. The number of hydrogen-bond donors (Lipinski definition) is 1. The summed E-state index contributed by atoms with van der Waals surface area (Å²) in [7, 11) is 0. The van der Waals surface area contributed by atoms with Crippen molar-refractivity contribution in [2.45, 2.75) is 32.6 Å². The van der Waals surface area contributed by atoms with E-state index in [1.54, 1.807) is 0 Å². The third kappa shape index (κ3) is 5.54. The van der Waals surface area contributed by atoms with Gasteiger partial charge in [0.15, 0.2) is 0 Å². The zero-order valence-corrected chi connectivity index (χ0v) is 9.34. The van der Waals surface area contributed by atoms with E-state index in [1.165, 1.54) is 0 Å². The topological polar surface area (TPSA) is 49.6 Å². The largest absolute Gasteiger partial charge is 0.377 e. The number of ether oxygens (including phenoxy) is 3. The lowest BCUT2D eigenvalue weighted by Gasteiger charge is -2.10. The Hall–Kier alpha value is -0.160. The van der Waals surface area contributed by atoms with Crippen molar-refractivity contribution in [3.8, 4) is 0 Å². The standard InChI is InChI=1S/C10H21NO3/c1-9(2)13-6-4-12-5-7-14-10(3)8-11-10/h9,11H,4-8H2,1-3H3. The maximum atomic E-state index is 5.49. The maximum Gasteiger partial charge on any atom is 0.129 e. The van der Waals surface area contributed by atoms with Crippen LogP contribution in [0.4, 0.5) is 0 Å². The van der Waals surface area contributed by atoms with Gasteiger partial charge in [0.25, 0.3) is 0 Å². The molecule has 1 N–H and O–H groups in total. The van der Waals surface area contributed by atoms with Crippen LogP contribution in [-0.2, 0) is 14.2 Å². The van der Waals surface area contributed by atoms with Crippen molar-refractivity contribution in [1.82, 2.24) is 5.32 Å². The van der Waals surface area contributed by atoms with Gasteiger partial charge in [-0.2, -0.15) is 0 Å². The van der Waals surface area contributed by atoms with Gasteiger partial charge in [0.05, 0.1) is 32.5 Å². The quantitative estimate of drug-likeness (QED) is 0.467. The monoisotopic (exact) mass is 203 g/mol. The molecule has 1 aliphatic heterocycles. The van der Waals surface area contributed by atoms with Crippen molar-refractivity contribution in [1.29, 1.82) is 0 Å². The van der Waals surface area contributed by atoms with E-state index >= 15 is 0 Å². The fourth-order valence-electron chi connectivity index (χ4n) is 0.997. The van der Waals surface area contributed by atoms with Crippen molar-refractivity contribution >= 4 is 0 Å². The van der Waals surface area contributed by atoms with Crippen molar-refractivity contribution in [3.05, 3.63) is 0 Å². The number of hydrogen-bond acceptors (Lipinski definition) is 4. The highest BCUT2D eigenvalue weighted by Gasteiger charge is 2.37. The number of rotatable bonds is 8. The Morgan fingerprint density at radius 2 is 1.86 bits per heavy atom. The van der Waals surface area contributed by atoms with Crippen LogP contribution in [0.2, 0.25) is 0 Å². The van der Waals surface area contributed by atoms with Crippen LogP contribution in [0.15, 0.2) is 0 Å².